The van der Waals surface area contributed by atoms with Gasteiger partial charge in [0.2, 0.25) is 0 Å². The molecule has 0 saturated carbocycles. The van der Waals surface area contributed by atoms with Crippen molar-refractivity contribution >= 4 is 32.9 Å². The van der Waals surface area contributed by atoms with E-state index in [4.69, 9.17) is 9.98 Å². The van der Waals surface area contributed by atoms with Crippen molar-refractivity contribution in [2.24, 2.45) is 9.98 Å². The van der Waals surface area contributed by atoms with E-state index in [2.05, 4.69) is 24.3 Å². The van der Waals surface area contributed by atoms with Crippen LogP contribution in [0.5, 0.6) is 11.5 Å². The fourth-order valence-corrected chi connectivity index (χ4v) is 5.79. The number of aromatic hydroxyl groups is 2. The number of hydrogen-bond donors (Lipinski definition) is 2. The van der Waals surface area contributed by atoms with Crippen LogP contribution in [0.2, 0.25) is 0 Å². The van der Waals surface area contributed by atoms with Gasteiger partial charge in [-0.25, -0.2) is 9.98 Å². The van der Waals surface area contributed by atoms with Gasteiger partial charge < -0.3 is 10.2 Å². The number of aryl methyl sites for hydroxylation is 2. The van der Waals surface area contributed by atoms with Gasteiger partial charge in [0.15, 0.2) is 0 Å². The van der Waals surface area contributed by atoms with E-state index in [0.717, 1.165) is 57.2 Å². The number of hydrogen-bond acceptors (Lipinski definition) is 4. The van der Waals surface area contributed by atoms with E-state index in [0.29, 0.717) is 21.5 Å². The summed E-state index contributed by atoms with van der Waals surface area (Å²) in [6.07, 6.45) is 1.50. The number of phenols is 2. The third kappa shape index (κ3) is 3.75. The van der Waals surface area contributed by atoms with E-state index in [9.17, 15) is 10.2 Å². The van der Waals surface area contributed by atoms with Crippen molar-refractivity contribution in [1.29, 1.82) is 0 Å². The molecular formula is C34H34N2O2. The maximum atomic E-state index is 11.7. The van der Waals surface area contributed by atoms with Crippen LogP contribution in [0.15, 0.2) is 70.6 Å². The fraction of sp³-hybridized carbons (Fsp3) is 0.235. The van der Waals surface area contributed by atoms with Gasteiger partial charge in [-0.05, 0) is 59.4 Å². The summed E-state index contributed by atoms with van der Waals surface area (Å²) in [5.74, 6) is 0.334. The zero-order valence-corrected chi connectivity index (χ0v) is 23.0. The monoisotopic (exact) mass is 502 g/mol. The minimum Gasteiger partial charge on any atom is -0.507 e. The summed E-state index contributed by atoms with van der Waals surface area (Å²) in [6.45, 7) is 12.0. The third-order valence-electron chi connectivity index (χ3n) is 7.31. The Kier molecular flexibility index (Phi) is 6.66. The van der Waals surface area contributed by atoms with Crippen LogP contribution in [-0.2, 0) is 12.8 Å². The van der Waals surface area contributed by atoms with E-state index >= 15 is 0 Å². The Morgan fingerprint density at radius 3 is 1.29 bits per heavy atom. The quantitative estimate of drug-likeness (QED) is 0.164. The van der Waals surface area contributed by atoms with Crippen LogP contribution in [0.25, 0.3) is 21.5 Å². The highest BCUT2D eigenvalue weighted by atomic mass is 16.3. The molecule has 0 saturated heterocycles. The summed E-state index contributed by atoms with van der Waals surface area (Å²) in [4.78, 5) is 9.88. The van der Waals surface area contributed by atoms with E-state index in [1.165, 1.54) is 11.1 Å². The van der Waals surface area contributed by atoms with E-state index in [1.54, 1.807) is 0 Å². The Morgan fingerprint density at radius 1 is 0.526 bits per heavy atom. The van der Waals surface area contributed by atoms with Crippen LogP contribution in [0.4, 0.5) is 11.4 Å². The molecular weight excluding hydrogens is 468 g/mol. The molecule has 2 N–H and O–H groups in total. The topological polar surface area (TPSA) is 65.2 Å². The Labute approximate surface area is 223 Å². The predicted octanol–water partition coefficient (Wildman–Crippen LogP) is 7.78. The molecule has 0 unspecified atom stereocenters. The Morgan fingerprint density at radius 2 is 0.895 bits per heavy atom. The lowest BCUT2D eigenvalue weighted by Gasteiger charge is -2.21. The smallest absolute Gasteiger partial charge is 0.134 e. The Hall–Kier alpha value is -4.18. The second-order valence-electron chi connectivity index (χ2n) is 9.43. The second kappa shape index (κ2) is 9.94. The van der Waals surface area contributed by atoms with Gasteiger partial charge in [0.1, 0.15) is 11.5 Å². The molecule has 5 aromatic rings. The average Bonchev–Trinajstić information content (AvgIpc) is 2.95. The Balaban J connectivity index is 0.000000704. The molecule has 192 valence electrons. The van der Waals surface area contributed by atoms with Gasteiger partial charge in [-0.2, -0.15) is 0 Å². The van der Waals surface area contributed by atoms with Crippen LogP contribution in [0, 0.1) is 13.8 Å². The maximum absolute atomic E-state index is 11.7. The molecule has 0 aromatic heterocycles. The molecule has 38 heavy (non-hydrogen) atoms. The first kappa shape index (κ1) is 25.5. The standard InChI is InChI=1S/C30H22N2O2.2C2H6/c1-15-11-19-13-17-7-3-5-9-21(17)31-27(19)25-23(15)29(33)26-24(30(25)34)16(2)12-20-14-18-8-4-6-10-22(18)32-28(20)26;2*1-2/h3-12,33-34H,13-14H2,1-2H3;2*1-2H3. The molecule has 0 fully saturated rings. The summed E-state index contributed by atoms with van der Waals surface area (Å²) in [5, 5.41) is 27.5. The highest BCUT2D eigenvalue weighted by Crippen LogP contribution is 2.43. The van der Waals surface area contributed by atoms with Crippen LogP contribution in [0.3, 0.4) is 0 Å². The predicted molar refractivity (Wildman–Crippen MR) is 157 cm³/mol. The summed E-state index contributed by atoms with van der Waals surface area (Å²) >= 11 is 0. The molecule has 0 spiro atoms. The largest absolute Gasteiger partial charge is 0.507 e. The third-order valence-corrected chi connectivity index (χ3v) is 7.31. The van der Waals surface area contributed by atoms with Crippen LogP contribution in [0.1, 0.15) is 61.1 Å². The lowest BCUT2D eigenvalue weighted by molar-refractivity contribution is 0.477. The highest BCUT2D eigenvalue weighted by molar-refractivity contribution is 6.13. The van der Waals surface area contributed by atoms with Crippen LogP contribution < -0.4 is 10.7 Å². The van der Waals surface area contributed by atoms with Crippen molar-refractivity contribution in [3.8, 4) is 11.5 Å². The van der Waals surface area contributed by atoms with Gasteiger partial charge in [-0.3, -0.25) is 0 Å². The number of nitrogens with zero attached hydrogens (tertiary/aromatic N) is 2. The van der Waals surface area contributed by atoms with Crippen molar-refractivity contribution in [2.45, 2.75) is 54.4 Å². The number of phenolic OH excluding ortho intramolecular Hbond substituents is 2. The van der Waals surface area contributed by atoms with Crippen LogP contribution >= 0.6 is 0 Å². The van der Waals surface area contributed by atoms with E-state index in [1.807, 2.05) is 77.9 Å². The van der Waals surface area contributed by atoms with Crippen molar-refractivity contribution in [1.82, 2.24) is 0 Å². The Bertz CT molecular complexity index is 1720. The lowest BCUT2D eigenvalue weighted by Crippen LogP contribution is -2.19. The molecule has 2 heterocycles. The van der Waals surface area contributed by atoms with Gasteiger partial charge in [0.25, 0.3) is 0 Å². The fourth-order valence-electron chi connectivity index (χ4n) is 5.79. The number of fused-ring (bicyclic) bond motifs is 8. The minimum atomic E-state index is 0.167. The molecule has 0 amide bonds. The molecule has 5 aromatic carbocycles. The molecule has 0 atom stereocenters. The second-order valence-corrected chi connectivity index (χ2v) is 9.43. The van der Waals surface area contributed by atoms with Gasteiger partial charge >= 0.3 is 0 Å². The SMILES string of the molecule is CC.CC.Cc1cc2c(c3c(O)c4c(C)cc5c(c4c(O)c13)=Nc1ccccc1C5)=Nc1ccccc1C2. The first-order valence-electron chi connectivity index (χ1n) is 13.6. The lowest BCUT2D eigenvalue weighted by atomic mass is 9.87. The summed E-state index contributed by atoms with van der Waals surface area (Å²) in [7, 11) is 0. The summed E-state index contributed by atoms with van der Waals surface area (Å²) < 4.78 is 0. The molecule has 7 rings (SSSR count). The van der Waals surface area contributed by atoms with Gasteiger partial charge in [0, 0.05) is 23.6 Å². The van der Waals surface area contributed by atoms with E-state index in [-0.39, 0.29) is 11.5 Å². The maximum Gasteiger partial charge on any atom is 0.134 e. The summed E-state index contributed by atoms with van der Waals surface area (Å²) in [5.41, 5.74) is 8.12. The van der Waals surface area contributed by atoms with Gasteiger partial charge in [-0.1, -0.05) is 76.2 Å². The number of para-hydroxylation sites is 2. The highest BCUT2D eigenvalue weighted by Gasteiger charge is 2.25. The normalized spacial score (nSPS) is 12.4. The first-order chi connectivity index (χ1) is 18.5. The van der Waals surface area contributed by atoms with Crippen molar-refractivity contribution in [3.05, 3.63) is 105 Å². The summed E-state index contributed by atoms with van der Waals surface area (Å²) in [6, 6.07) is 20.4. The molecule has 0 aliphatic carbocycles. The van der Waals surface area contributed by atoms with Gasteiger partial charge in [0.05, 0.1) is 32.9 Å². The van der Waals surface area contributed by atoms with E-state index < -0.39 is 0 Å². The zero-order valence-electron chi connectivity index (χ0n) is 23.0. The molecule has 2 aliphatic heterocycles. The van der Waals surface area contributed by atoms with Crippen molar-refractivity contribution < 1.29 is 10.2 Å². The van der Waals surface area contributed by atoms with Gasteiger partial charge in [-0.15, -0.1) is 0 Å². The molecule has 4 nitrogen and oxygen atoms in total. The minimum absolute atomic E-state index is 0.167. The average molecular weight is 503 g/mol. The molecule has 4 heteroatoms. The van der Waals surface area contributed by atoms with Crippen LogP contribution in [-0.4, -0.2) is 10.2 Å². The number of rotatable bonds is 0. The molecule has 2 aliphatic rings. The number of benzene rings is 5. The van der Waals surface area contributed by atoms with Crippen molar-refractivity contribution in [2.75, 3.05) is 0 Å². The first-order valence-corrected chi connectivity index (χ1v) is 13.6. The van der Waals surface area contributed by atoms with Crippen molar-refractivity contribution in [3.63, 3.8) is 0 Å². The zero-order chi connectivity index (χ0) is 27.1. The molecule has 0 bridgehead atoms. The molecule has 0 radical (unpaired) electrons.